The highest BCUT2D eigenvalue weighted by Gasteiger charge is 2.10. The lowest BCUT2D eigenvalue weighted by Gasteiger charge is -2.15. The largest absolute Gasteiger partial charge is 0.376 e. The first-order valence-corrected chi connectivity index (χ1v) is 6.77. The van der Waals surface area contributed by atoms with E-state index in [1.807, 2.05) is 12.1 Å². The molecule has 0 aliphatic carbocycles. The molecule has 0 saturated heterocycles. The smallest absolute Gasteiger partial charge is 0.129 e. The number of halogens is 1. The summed E-state index contributed by atoms with van der Waals surface area (Å²) in [6.45, 7) is 4.31. The molecule has 0 amide bonds. The van der Waals surface area contributed by atoms with Crippen LogP contribution < -0.4 is 5.32 Å². The third-order valence-electron chi connectivity index (χ3n) is 2.43. The molecule has 0 aliphatic rings. The van der Waals surface area contributed by atoms with Crippen LogP contribution in [0.2, 0.25) is 0 Å². The number of nitrogens with one attached hydrogen (secondary N) is 1. The summed E-state index contributed by atoms with van der Waals surface area (Å²) in [6, 6.07) is 6.41. The second kappa shape index (κ2) is 4.97. The van der Waals surface area contributed by atoms with Crippen LogP contribution in [0.3, 0.4) is 0 Å². The fourth-order valence-electron chi connectivity index (χ4n) is 1.62. The van der Waals surface area contributed by atoms with E-state index in [4.69, 9.17) is 0 Å². The summed E-state index contributed by atoms with van der Waals surface area (Å²) in [7, 11) is 0. The molecule has 16 heavy (non-hydrogen) atoms. The minimum absolute atomic E-state index is 0.306. The quantitative estimate of drug-likeness (QED) is 0.850. The Morgan fingerprint density at radius 3 is 2.88 bits per heavy atom. The Bertz CT molecular complexity index is 481. The lowest BCUT2D eigenvalue weighted by Crippen LogP contribution is -2.06. The second-order valence-electron chi connectivity index (χ2n) is 3.68. The zero-order chi connectivity index (χ0) is 11.5. The molecule has 0 spiro atoms. The first kappa shape index (κ1) is 11.6. The van der Waals surface area contributed by atoms with Crippen molar-refractivity contribution in [2.75, 3.05) is 5.32 Å². The van der Waals surface area contributed by atoms with Gasteiger partial charge in [0.2, 0.25) is 0 Å². The molecule has 0 saturated carbocycles. The van der Waals surface area contributed by atoms with Gasteiger partial charge in [-0.1, -0.05) is 0 Å². The van der Waals surface area contributed by atoms with Gasteiger partial charge in [0.15, 0.2) is 0 Å². The molecule has 1 unspecified atom stereocenters. The van der Waals surface area contributed by atoms with E-state index in [9.17, 15) is 0 Å². The van der Waals surface area contributed by atoms with Crippen molar-refractivity contribution in [2.24, 2.45) is 0 Å². The van der Waals surface area contributed by atoms with Gasteiger partial charge in [0.05, 0.1) is 11.7 Å². The first-order chi connectivity index (χ1) is 7.68. The standard InChI is InChI=1S/C12H13BrN2S/c1-8-5-7-16-11(8)9(2)15-10-4-3-6-14-12(10)13/h3-7,9,15H,1-2H3. The van der Waals surface area contributed by atoms with Crippen LogP contribution in [0.25, 0.3) is 0 Å². The molecular weight excluding hydrogens is 284 g/mol. The topological polar surface area (TPSA) is 24.9 Å². The summed E-state index contributed by atoms with van der Waals surface area (Å²) in [5, 5.41) is 5.58. The van der Waals surface area contributed by atoms with E-state index < -0.39 is 0 Å². The molecular formula is C12H13BrN2S. The molecule has 2 aromatic rings. The SMILES string of the molecule is Cc1ccsc1C(C)Nc1cccnc1Br. The van der Waals surface area contributed by atoms with Crippen LogP contribution >= 0.6 is 27.3 Å². The molecule has 2 heterocycles. The minimum Gasteiger partial charge on any atom is -0.376 e. The van der Waals surface area contributed by atoms with Gasteiger partial charge in [0, 0.05) is 11.1 Å². The van der Waals surface area contributed by atoms with Gasteiger partial charge in [-0.25, -0.2) is 4.98 Å². The Morgan fingerprint density at radius 1 is 1.44 bits per heavy atom. The van der Waals surface area contributed by atoms with Crippen LogP contribution in [0.1, 0.15) is 23.4 Å². The van der Waals surface area contributed by atoms with Gasteiger partial charge in [0.1, 0.15) is 4.60 Å². The van der Waals surface area contributed by atoms with Crippen LogP contribution in [0.15, 0.2) is 34.4 Å². The highest BCUT2D eigenvalue weighted by Crippen LogP contribution is 2.28. The summed E-state index contributed by atoms with van der Waals surface area (Å²) in [6.07, 6.45) is 1.77. The highest BCUT2D eigenvalue weighted by molar-refractivity contribution is 9.10. The molecule has 2 nitrogen and oxygen atoms in total. The molecule has 2 rings (SSSR count). The van der Waals surface area contributed by atoms with Crippen LogP contribution in [-0.2, 0) is 0 Å². The number of aryl methyl sites for hydroxylation is 1. The summed E-state index contributed by atoms with van der Waals surface area (Å²) >= 11 is 5.22. The van der Waals surface area contributed by atoms with Gasteiger partial charge < -0.3 is 5.32 Å². The number of nitrogens with zero attached hydrogens (tertiary/aromatic N) is 1. The van der Waals surface area contributed by atoms with Crippen LogP contribution in [-0.4, -0.2) is 4.98 Å². The Hall–Kier alpha value is -0.870. The Labute approximate surface area is 108 Å². The fraction of sp³-hybridized carbons (Fsp3) is 0.250. The monoisotopic (exact) mass is 296 g/mol. The van der Waals surface area contributed by atoms with Crippen molar-refractivity contribution < 1.29 is 0 Å². The number of hydrogen-bond acceptors (Lipinski definition) is 3. The molecule has 1 N–H and O–H groups in total. The van der Waals surface area contributed by atoms with Gasteiger partial charge in [-0.05, 0) is 58.9 Å². The van der Waals surface area contributed by atoms with Crippen molar-refractivity contribution in [1.82, 2.24) is 4.98 Å². The molecule has 4 heteroatoms. The average molecular weight is 297 g/mol. The summed E-state index contributed by atoms with van der Waals surface area (Å²) < 4.78 is 0.857. The van der Waals surface area contributed by atoms with Gasteiger partial charge in [0.25, 0.3) is 0 Å². The van der Waals surface area contributed by atoms with E-state index >= 15 is 0 Å². The van der Waals surface area contributed by atoms with Crippen molar-refractivity contribution >= 4 is 33.0 Å². The number of rotatable bonds is 3. The van der Waals surface area contributed by atoms with Crippen LogP contribution in [0, 0.1) is 6.92 Å². The van der Waals surface area contributed by atoms with Gasteiger partial charge in [-0.3, -0.25) is 0 Å². The number of pyridine rings is 1. The van der Waals surface area contributed by atoms with E-state index in [2.05, 4.69) is 51.5 Å². The summed E-state index contributed by atoms with van der Waals surface area (Å²) in [5.74, 6) is 0. The molecule has 0 bridgehead atoms. The molecule has 0 aliphatic heterocycles. The summed E-state index contributed by atoms with van der Waals surface area (Å²) in [4.78, 5) is 5.56. The van der Waals surface area contributed by atoms with Crippen molar-refractivity contribution in [3.05, 3.63) is 44.8 Å². The van der Waals surface area contributed by atoms with Crippen molar-refractivity contribution in [3.63, 3.8) is 0 Å². The molecule has 0 fully saturated rings. The minimum atomic E-state index is 0.306. The molecule has 0 radical (unpaired) electrons. The van der Waals surface area contributed by atoms with E-state index in [-0.39, 0.29) is 0 Å². The van der Waals surface area contributed by atoms with E-state index in [1.54, 1.807) is 17.5 Å². The van der Waals surface area contributed by atoms with Gasteiger partial charge in [-0.2, -0.15) is 0 Å². The van der Waals surface area contributed by atoms with E-state index in [1.165, 1.54) is 10.4 Å². The normalized spacial score (nSPS) is 12.4. The predicted molar refractivity (Wildman–Crippen MR) is 73.0 cm³/mol. The molecule has 0 aromatic carbocycles. The predicted octanol–water partition coefficient (Wildman–Crippen LogP) is 4.39. The average Bonchev–Trinajstić information content (AvgIpc) is 2.68. The van der Waals surface area contributed by atoms with Crippen LogP contribution in [0.5, 0.6) is 0 Å². The van der Waals surface area contributed by atoms with E-state index in [0.29, 0.717) is 6.04 Å². The number of hydrogen-bond donors (Lipinski definition) is 1. The summed E-state index contributed by atoms with van der Waals surface area (Å²) in [5.41, 5.74) is 2.37. The third kappa shape index (κ3) is 2.44. The van der Waals surface area contributed by atoms with Crippen molar-refractivity contribution in [2.45, 2.75) is 19.9 Å². The maximum absolute atomic E-state index is 4.19. The van der Waals surface area contributed by atoms with Gasteiger partial charge >= 0.3 is 0 Å². The number of thiophene rings is 1. The molecule has 1 atom stereocenters. The highest BCUT2D eigenvalue weighted by atomic mass is 79.9. The van der Waals surface area contributed by atoms with Crippen LogP contribution in [0.4, 0.5) is 5.69 Å². The van der Waals surface area contributed by atoms with Gasteiger partial charge in [-0.15, -0.1) is 11.3 Å². The Kier molecular flexibility index (Phi) is 3.61. The molecule has 2 aromatic heterocycles. The Morgan fingerprint density at radius 2 is 2.25 bits per heavy atom. The zero-order valence-corrected chi connectivity index (χ0v) is 11.6. The fourth-order valence-corrected chi connectivity index (χ4v) is 2.92. The zero-order valence-electron chi connectivity index (χ0n) is 9.20. The maximum Gasteiger partial charge on any atom is 0.129 e. The second-order valence-corrected chi connectivity index (χ2v) is 5.37. The lowest BCUT2D eigenvalue weighted by molar-refractivity contribution is 0.895. The van der Waals surface area contributed by atoms with Crippen molar-refractivity contribution in [3.8, 4) is 0 Å². The molecule has 84 valence electrons. The first-order valence-electron chi connectivity index (χ1n) is 5.09. The van der Waals surface area contributed by atoms with Crippen molar-refractivity contribution in [1.29, 1.82) is 0 Å². The third-order valence-corrected chi connectivity index (χ3v) is 4.26. The number of aromatic nitrogens is 1. The number of anilines is 1. The van der Waals surface area contributed by atoms with E-state index in [0.717, 1.165) is 10.3 Å². The maximum atomic E-state index is 4.19. The Balaban J connectivity index is 2.17. The lowest BCUT2D eigenvalue weighted by atomic mass is 10.2.